The molecule has 0 aliphatic carbocycles. The highest BCUT2D eigenvalue weighted by Gasteiger charge is 2.51. The van der Waals surface area contributed by atoms with Crippen LogP contribution in [0.3, 0.4) is 0 Å². The summed E-state index contributed by atoms with van der Waals surface area (Å²) in [5.74, 6) is -1.51. The second-order valence-corrected chi connectivity index (χ2v) is 17.7. The first kappa shape index (κ1) is 40.0. The van der Waals surface area contributed by atoms with Crippen molar-refractivity contribution in [1.82, 2.24) is 5.32 Å². The molecule has 282 valence electrons. The second-order valence-electron chi connectivity index (χ2n) is 17.7. The Morgan fingerprint density at radius 3 is 2.06 bits per heavy atom. The van der Waals surface area contributed by atoms with Crippen LogP contribution in [0.4, 0.5) is 4.79 Å². The van der Waals surface area contributed by atoms with Gasteiger partial charge in [-0.05, 0) is 62.7 Å². The summed E-state index contributed by atoms with van der Waals surface area (Å²) < 4.78 is 38.9. The van der Waals surface area contributed by atoms with Gasteiger partial charge in [0.15, 0.2) is 18.7 Å². The molecule has 1 amide bonds. The minimum atomic E-state index is -0.789. The predicted octanol–water partition coefficient (Wildman–Crippen LogP) is 7.30. The van der Waals surface area contributed by atoms with E-state index in [9.17, 15) is 14.4 Å². The molecule has 4 rings (SSSR count). The van der Waals surface area contributed by atoms with Crippen molar-refractivity contribution >= 4 is 17.8 Å². The molecule has 4 aliphatic heterocycles. The van der Waals surface area contributed by atoms with Crippen LogP contribution in [0.2, 0.25) is 0 Å². The largest absolute Gasteiger partial charge is 0.458 e. The fourth-order valence-corrected chi connectivity index (χ4v) is 9.09. The highest BCUT2D eigenvalue weighted by Crippen LogP contribution is 2.45. The van der Waals surface area contributed by atoms with Gasteiger partial charge in [0.2, 0.25) is 0 Å². The van der Waals surface area contributed by atoms with Crippen molar-refractivity contribution < 1.29 is 42.8 Å². The molecule has 4 saturated heterocycles. The summed E-state index contributed by atoms with van der Waals surface area (Å²) >= 11 is 0. The minimum absolute atomic E-state index is 0.0187. The first-order chi connectivity index (χ1) is 22.7. The molecule has 10 heteroatoms. The number of rotatable bonds is 5. The lowest BCUT2D eigenvalue weighted by Crippen LogP contribution is -2.54. The van der Waals surface area contributed by atoms with Gasteiger partial charge in [0.25, 0.3) is 0 Å². The molecule has 0 aromatic heterocycles. The molecule has 0 saturated carbocycles. The SMILES string of the molecule is CC[C@H]1OC(=O)[C@H](C)[C@@H](OC2CC(C)(C)[C@@H](C)[C@H](C)O2)[C@H](C)[C@@H](O[C@@H]2O[C@H](C)C[C@H](C)[C@H]2C)C(C)(C)C[C@@H](C)C(=O)[C@H](C)[C@H]2NC(=O)O[C@@H]21. The van der Waals surface area contributed by atoms with E-state index in [0.29, 0.717) is 31.1 Å². The standard InChI is InChI=1S/C39H67NO9/c1-15-28-33-30(40-37(43)48-33)23(6)31(41)20(3)17-39(13,14)34(49-36-22(5)19(2)16-21(4)44-36)24(7)32(25(8)35(42)46-28)47-29-18-38(11,12)26(9)27(10)45-29/h19-30,32-34,36H,15-18H2,1-14H3,(H,40,43)/t19-,20+,21+,22+,23+,24-,25+,26-,27-,28+,29?,30+,32-,33+,34+,36-/m0/s1. The van der Waals surface area contributed by atoms with Crippen LogP contribution in [-0.2, 0) is 38.0 Å². The van der Waals surface area contributed by atoms with E-state index < -0.39 is 72.4 Å². The Morgan fingerprint density at radius 2 is 1.45 bits per heavy atom. The highest BCUT2D eigenvalue weighted by atomic mass is 16.7. The molecule has 16 atom stereocenters. The number of nitrogens with one attached hydrogen (secondary N) is 1. The topological polar surface area (TPSA) is 119 Å². The van der Waals surface area contributed by atoms with E-state index in [1.165, 1.54) is 0 Å². The van der Waals surface area contributed by atoms with E-state index in [1.807, 2.05) is 27.7 Å². The van der Waals surface area contributed by atoms with Crippen LogP contribution in [0.1, 0.15) is 123 Å². The molecule has 10 nitrogen and oxygen atoms in total. The van der Waals surface area contributed by atoms with Crippen LogP contribution >= 0.6 is 0 Å². The number of alkyl carbamates (subject to hydrolysis) is 1. The molecule has 4 aliphatic rings. The monoisotopic (exact) mass is 693 g/mol. The molecule has 49 heavy (non-hydrogen) atoms. The summed E-state index contributed by atoms with van der Waals surface area (Å²) in [6.45, 7) is 29.1. The van der Waals surface area contributed by atoms with Gasteiger partial charge in [-0.15, -0.1) is 0 Å². The Hall–Kier alpha value is -1.75. The van der Waals surface area contributed by atoms with Gasteiger partial charge in [-0.2, -0.15) is 0 Å². The van der Waals surface area contributed by atoms with Crippen molar-refractivity contribution in [2.45, 2.75) is 178 Å². The van der Waals surface area contributed by atoms with Gasteiger partial charge < -0.3 is 33.7 Å². The van der Waals surface area contributed by atoms with Gasteiger partial charge in [-0.25, -0.2) is 4.79 Å². The molecule has 0 spiro atoms. The molecule has 0 bridgehead atoms. The summed E-state index contributed by atoms with van der Waals surface area (Å²) in [6, 6.07) is -0.625. The first-order valence-electron chi connectivity index (χ1n) is 19.0. The summed E-state index contributed by atoms with van der Waals surface area (Å²) in [5.41, 5.74) is -0.594. The molecule has 1 unspecified atom stereocenters. The molecule has 4 heterocycles. The highest BCUT2D eigenvalue weighted by molar-refractivity contribution is 5.85. The van der Waals surface area contributed by atoms with Gasteiger partial charge in [-0.3, -0.25) is 9.59 Å². The number of fused-ring (bicyclic) bond motifs is 1. The number of ketones is 1. The summed E-state index contributed by atoms with van der Waals surface area (Å²) in [6.07, 6.45) is -1.68. The number of hydrogen-bond acceptors (Lipinski definition) is 9. The van der Waals surface area contributed by atoms with E-state index in [4.69, 9.17) is 28.4 Å². The number of carbonyl (C=O) groups excluding carboxylic acids is 3. The lowest BCUT2D eigenvalue weighted by atomic mass is 9.69. The lowest BCUT2D eigenvalue weighted by Gasteiger charge is -2.49. The maximum Gasteiger partial charge on any atom is 0.407 e. The number of amides is 1. The lowest BCUT2D eigenvalue weighted by molar-refractivity contribution is -0.293. The molecule has 0 aromatic carbocycles. The van der Waals surface area contributed by atoms with E-state index in [1.54, 1.807) is 0 Å². The van der Waals surface area contributed by atoms with E-state index in [2.05, 4.69) is 74.6 Å². The summed E-state index contributed by atoms with van der Waals surface area (Å²) in [5, 5.41) is 2.85. The first-order valence-corrected chi connectivity index (χ1v) is 19.0. The quantitative estimate of drug-likeness (QED) is 0.296. The third-order valence-corrected chi connectivity index (χ3v) is 12.8. The zero-order chi connectivity index (χ0) is 36.7. The number of esters is 1. The fourth-order valence-electron chi connectivity index (χ4n) is 9.09. The normalized spacial score (nSPS) is 46.5. The Bertz CT molecular complexity index is 1170. The molecule has 0 radical (unpaired) electrons. The summed E-state index contributed by atoms with van der Waals surface area (Å²) in [4.78, 5) is 40.9. The van der Waals surface area contributed by atoms with Crippen molar-refractivity contribution in [3.63, 3.8) is 0 Å². The second kappa shape index (κ2) is 15.5. The van der Waals surface area contributed by atoms with Gasteiger partial charge in [0.1, 0.15) is 11.9 Å². The average Bonchev–Trinajstić information content (AvgIpc) is 3.40. The maximum atomic E-state index is 14.2. The third kappa shape index (κ3) is 8.66. The van der Waals surface area contributed by atoms with Gasteiger partial charge in [-0.1, -0.05) is 76.2 Å². The van der Waals surface area contributed by atoms with Crippen molar-refractivity contribution in [2.24, 2.45) is 52.3 Å². The third-order valence-electron chi connectivity index (χ3n) is 12.8. The molecular weight excluding hydrogens is 626 g/mol. The van der Waals surface area contributed by atoms with E-state index in [0.717, 1.165) is 6.42 Å². The Balaban J connectivity index is 1.80. The smallest absolute Gasteiger partial charge is 0.407 e. The number of Topliss-reactive ketones (excluding diaryl/α,β-unsaturated/α-hetero) is 1. The molecule has 4 fully saturated rings. The predicted molar refractivity (Wildman–Crippen MR) is 186 cm³/mol. The van der Waals surface area contributed by atoms with Crippen molar-refractivity contribution in [1.29, 1.82) is 0 Å². The fraction of sp³-hybridized carbons (Fsp3) is 0.923. The Labute approximate surface area is 295 Å². The number of carbonyl (C=O) groups is 3. The van der Waals surface area contributed by atoms with E-state index >= 15 is 0 Å². The van der Waals surface area contributed by atoms with Crippen molar-refractivity contribution in [3.05, 3.63) is 0 Å². The van der Waals surface area contributed by atoms with Gasteiger partial charge in [0.05, 0.1) is 36.4 Å². The van der Waals surface area contributed by atoms with Crippen LogP contribution in [0.5, 0.6) is 0 Å². The van der Waals surface area contributed by atoms with Gasteiger partial charge in [0, 0.05) is 30.1 Å². The molecule has 1 N–H and O–H groups in total. The number of cyclic esters (lactones) is 1. The molecule has 0 aromatic rings. The van der Waals surface area contributed by atoms with Crippen LogP contribution < -0.4 is 5.32 Å². The maximum absolute atomic E-state index is 14.2. The molecular formula is C39H67NO9. The minimum Gasteiger partial charge on any atom is -0.458 e. The Morgan fingerprint density at radius 1 is 0.796 bits per heavy atom. The average molecular weight is 694 g/mol. The Kier molecular flexibility index (Phi) is 12.6. The van der Waals surface area contributed by atoms with Crippen LogP contribution in [-0.4, -0.2) is 73.1 Å². The van der Waals surface area contributed by atoms with Crippen molar-refractivity contribution in [2.75, 3.05) is 0 Å². The van der Waals surface area contributed by atoms with Crippen LogP contribution in [0.15, 0.2) is 0 Å². The van der Waals surface area contributed by atoms with Gasteiger partial charge >= 0.3 is 12.1 Å². The van der Waals surface area contributed by atoms with E-state index in [-0.39, 0.29) is 41.2 Å². The number of hydrogen-bond donors (Lipinski definition) is 1. The van der Waals surface area contributed by atoms with Crippen molar-refractivity contribution in [3.8, 4) is 0 Å². The zero-order valence-corrected chi connectivity index (χ0v) is 32.7. The number of ether oxygens (including phenoxy) is 6. The zero-order valence-electron chi connectivity index (χ0n) is 32.7. The van der Waals surface area contributed by atoms with Crippen LogP contribution in [0, 0.1) is 52.3 Å². The summed E-state index contributed by atoms with van der Waals surface area (Å²) in [7, 11) is 0. The van der Waals surface area contributed by atoms with Crippen LogP contribution in [0.25, 0.3) is 0 Å².